The normalized spacial score (nSPS) is 18.8. The molecule has 0 aromatic carbocycles. The summed E-state index contributed by atoms with van der Waals surface area (Å²) < 4.78 is 2.94. The Morgan fingerprint density at radius 2 is 2.11 bits per heavy atom. The van der Waals surface area contributed by atoms with Gasteiger partial charge in [-0.05, 0) is 40.4 Å². The number of aliphatic hydroxyl groups excluding tert-OH is 1. The molecule has 0 amide bonds. The molecular formula is C15H19BrN2O. The summed E-state index contributed by atoms with van der Waals surface area (Å²) in [5.41, 5.74) is 1.96. The predicted molar refractivity (Wildman–Crippen MR) is 79.0 cm³/mol. The molecule has 1 aliphatic rings. The molecule has 102 valence electrons. The van der Waals surface area contributed by atoms with Crippen molar-refractivity contribution in [2.75, 3.05) is 0 Å². The van der Waals surface area contributed by atoms with Crippen LogP contribution in [0.1, 0.15) is 50.3 Å². The lowest BCUT2D eigenvalue weighted by Crippen LogP contribution is -2.13. The third-order valence-electron chi connectivity index (χ3n) is 4.17. The Balaban J connectivity index is 1.85. The molecule has 0 spiro atoms. The van der Waals surface area contributed by atoms with Gasteiger partial charge in [0.1, 0.15) is 0 Å². The molecule has 4 heteroatoms. The molecule has 2 heterocycles. The van der Waals surface area contributed by atoms with Gasteiger partial charge in [-0.1, -0.05) is 32.1 Å². The van der Waals surface area contributed by atoms with Gasteiger partial charge in [0.25, 0.3) is 0 Å². The number of nitrogens with zero attached hydrogens (tertiary/aromatic N) is 2. The Morgan fingerprint density at radius 3 is 2.89 bits per heavy atom. The van der Waals surface area contributed by atoms with Crippen molar-refractivity contribution in [3.8, 4) is 0 Å². The second-order valence-electron chi connectivity index (χ2n) is 5.51. The number of aliphatic hydroxyl groups is 1. The molecule has 1 atom stereocenters. The van der Waals surface area contributed by atoms with Gasteiger partial charge in [-0.3, -0.25) is 4.40 Å². The second-order valence-corrected chi connectivity index (χ2v) is 6.36. The summed E-state index contributed by atoms with van der Waals surface area (Å²) in [6.45, 7) is 0. The van der Waals surface area contributed by atoms with Crippen LogP contribution in [0.5, 0.6) is 0 Å². The predicted octanol–water partition coefficient (Wildman–Crippen LogP) is 4.10. The fourth-order valence-electron chi connectivity index (χ4n) is 3.16. The summed E-state index contributed by atoms with van der Waals surface area (Å²) in [6, 6.07) is 4.00. The molecule has 19 heavy (non-hydrogen) atoms. The Kier molecular flexibility index (Phi) is 3.89. The molecule has 2 aromatic rings. The number of imidazole rings is 1. The van der Waals surface area contributed by atoms with Crippen LogP contribution in [0.2, 0.25) is 0 Å². The van der Waals surface area contributed by atoms with E-state index in [1.807, 2.05) is 22.7 Å². The van der Waals surface area contributed by atoms with Gasteiger partial charge in [-0.2, -0.15) is 0 Å². The van der Waals surface area contributed by atoms with E-state index in [9.17, 15) is 5.11 Å². The van der Waals surface area contributed by atoms with Crippen LogP contribution in [0, 0.1) is 5.92 Å². The van der Waals surface area contributed by atoms with E-state index < -0.39 is 6.10 Å². The maximum absolute atomic E-state index is 10.6. The first-order chi connectivity index (χ1) is 9.25. The lowest BCUT2D eigenvalue weighted by Gasteiger charge is -2.25. The minimum absolute atomic E-state index is 0.421. The highest BCUT2D eigenvalue weighted by Gasteiger charge is 2.21. The molecule has 1 fully saturated rings. The zero-order valence-electron chi connectivity index (χ0n) is 10.9. The summed E-state index contributed by atoms with van der Waals surface area (Å²) >= 11 is 3.56. The summed E-state index contributed by atoms with van der Waals surface area (Å²) in [5.74, 6) is 0.662. The monoisotopic (exact) mass is 322 g/mol. The van der Waals surface area contributed by atoms with Crippen molar-refractivity contribution in [2.45, 2.75) is 44.6 Å². The van der Waals surface area contributed by atoms with Crippen LogP contribution >= 0.6 is 15.9 Å². The van der Waals surface area contributed by atoms with Crippen LogP contribution in [0.4, 0.5) is 0 Å². The van der Waals surface area contributed by atoms with E-state index in [4.69, 9.17) is 0 Å². The summed E-state index contributed by atoms with van der Waals surface area (Å²) in [4.78, 5) is 4.16. The lowest BCUT2D eigenvalue weighted by atomic mass is 9.85. The topological polar surface area (TPSA) is 37.5 Å². The molecule has 3 nitrogen and oxygen atoms in total. The number of halogens is 1. The van der Waals surface area contributed by atoms with Crippen molar-refractivity contribution in [3.63, 3.8) is 0 Å². The van der Waals surface area contributed by atoms with Gasteiger partial charge in [0.2, 0.25) is 0 Å². The maximum atomic E-state index is 10.6. The summed E-state index contributed by atoms with van der Waals surface area (Å²) in [6.07, 6.45) is 10.5. The largest absolute Gasteiger partial charge is 0.387 e. The molecule has 0 aliphatic heterocycles. The highest BCUT2D eigenvalue weighted by atomic mass is 79.9. The highest BCUT2D eigenvalue weighted by molar-refractivity contribution is 9.10. The smallest absolute Gasteiger partial charge is 0.0995 e. The Bertz CT molecular complexity index is 560. The Hall–Kier alpha value is -0.870. The van der Waals surface area contributed by atoms with Gasteiger partial charge in [0, 0.05) is 4.47 Å². The number of rotatable bonds is 3. The summed E-state index contributed by atoms with van der Waals surface area (Å²) in [7, 11) is 0. The van der Waals surface area contributed by atoms with Gasteiger partial charge < -0.3 is 5.11 Å². The third-order valence-corrected chi connectivity index (χ3v) is 4.84. The van der Waals surface area contributed by atoms with Crippen LogP contribution in [0.3, 0.4) is 0 Å². The number of hydrogen-bond acceptors (Lipinski definition) is 2. The van der Waals surface area contributed by atoms with E-state index in [1.54, 1.807) is 6.33 Å². The van der Waals surface area contributed by atoms with E-state index in [0.29, 0.717) is 5.92 Å². The molecule has 1 aliphatic carbocycles. The van der Waals surface area contributed by atoms with Gasteiger partial charge in [0.15, 0.2) is 0 Å². The molecule has 0 bridgehead atoms. The zero-order chi connectivity index (χ0) is 13.2. The first kappa shape index (κ1) is 13.1. The van der Waals surface area contributed by atoms with Gasteiger partial charge in [-0.15, -0.1) is 0 Å². The van der Waals surface area contributed by atoms with E-state index in [1.165, 1.54) is 32.1 Å². The van der Waals surface area contributed by atoms with E-state index in [2.05, 4.69) is 20.9 Å². The zero-order valence-corrected chi connectivity index (χ0v) is 12.5. The molecular weight excluding hydrogens is 304 g/mol. The first-order valence-corrected chi connectivity index (χ1v) is 7.83. The molecule has 1 N–H and O–H groups in total. The van der Waals surface area contributed by atoms with Gasteiger partial charge in [-0.25, -0.2) is 4.98 Å². The van der Waals surface area contributed by atoms with E-state index in [0.717, 1.165) is 22.1 Å². The van der Waals surface area contributed by atoms with E-state index >= 15 is 0 Å². The van der Waals surface area contributed by atoms with Gasteiger partial charge in [0.05, 0.1) is 29.8 Å². The van der Waals surface area contributed by atoms with Gasteiger partial charge >= 0.3 is 0 Å². The molecule has 1 saturated carbocycles. The van der Waals surface area contributed by atoms with Crippen molar-refractivity contribution in [1.82, 2.24) is 9.38 Å². The minimum atomic E-state index is -0.421. The highest BCUT2D eigenvalue weighted by Crippen LogP contribution is 2.34. The third kappa shape index (κ3) is 2.70. The lowest BCUT2D eigenvalue weighted by molar-refractivity contribution is 0.125. The van der Waals surface area contributed by atoms with Crippen LogP contribution in [-0.2, 0) is 0 Å². The van der Waals surface area contributed by atoms with Crippen molar-refractivity contribution < 1.29 is 5.11 Å². The molecule has 2 aromatic heterocycles. The molecule has 1 unspecified atom stereocenters. The Morgan fingerprint density at radius 1 is 1.32 bits per heavy atom. The van der Waals surface area contributed by atoms with Crippen molar-refractivity contribution in [3.05, 3.63) is 34.8 Å². The SMILES string of the molecule is OC(CC1CCCCC1)c1c(Br)ccc2cncn12. The standard InChI is InChI=1S/C15H19BrN2O/c16-13-7-6-12-9-17-10-18(12)15(13)14(19)8-11-4-2-1-3-5-11/h6-7,9-11,14,19H,1-5,8H2. The minimum Gasteiger partial charge on any atom is -0.387 e. The quantitative estimate of drug-likeness (QED) is 0.923. The first-order valence-electron chi connectivity index (χ1n) is 7.04. The van der Waals surface area contributed by atoms with Crippen molar-refractivity contribution >= 4 is 21.4 Å². The number of fused-ring (bicyclic) bond motifs is 1. The summed E-state index contributed by atoms with van der Waals surface area (Å²) in [5, 5.41) is 10.6. The molecule has 0 radical (unpaired) electrons. The maximum Gasteiger partial charge on any atom is 0.0995 e. The van der Waals surface area contributed by atoms with Crippen LogP contribution in [0.15, 0.2) is 29.1 Å². The number of aromatic nitrogens is 2. The average Bonchev–Trinajstić information content (AvgIpc) is 2.87. The molecule has 0 saturated heterocycles. The van der Waals surface area contributed by atoms with Crippen molar-refractivity contribution in [1.29, 1.82) is 0 Å². The fourth-order valence-corrected chi connectivity index (χ4v) is 3.75. The fraction of sp³-hybridized carbons (Fsp3) is 0.533. The second kappa shape index (κ2) is 5.63. The van der Waals surface area contributed by atoms with Crippen LogP contribution in [-0.4, -0.2) is 14.5 Å². The number of pyridine rings is 1. The van der Waals surface area contributed by atoms with E-state index in [-0.39, 0.29) is 0 Å². The van der Waals surface area contributed by atoms with Crippen molar-refractivity contribution in [2.24, 2.45) is 5.92 Å². The number of hydrogen-bond donors (Lipinski definition) is 1. The molecule has 3 rings (SSSR count). The Labute approximate surface area is 121 Å². The van der Waals surface area contributed by atoms with Crippen LogP contribution < -0.4 is 0 Å². The average molecular weight is 323 g/mol. The van der Waals surface area contributed by atoms with Crippen LogP contribution in [0.25, 0.3) is 5.52 Å².